The van der Waals surface area contributed by atoms with Gasteiger partial charge in [-0.2, -0.15) is 5.10 Å². The van der Waals surface area contributed by atoms with Crippen LogP contribution >= 0.6 is 0 Å². The van der Waals surface area contributed by atoms with Crippen molar-refractivity contribution in [1.29, 1.82) is 0 Å². The number of nitrogens with zero attached hydrogens (tertiary/aromatic N) is 2. The molecule has 0 spiro atoms. The second kappa shape index (κ2) is 5.35. The van der Waals surface area contributed by atoms with E-state index < -0.39 is 0 Å². The number of methoxy groups -OCH3 is 1. The highest BCUT2D eigenvalue weighted by Crippen LogP contribution is 2.03. The van der Waals surface area contributed by atoms with Gasteiger partial charge in [0.05, 0.1) is 0 Å². The van der Waals surface area contributed by atoms with Crippen molar-refractivity contribution in [1.82, 2.24) is 15.1 Å². The van der Waals surface area contributed by atoms with Gasteiger partial charge in [0.1, 0.15) is 5.82 Å². The Morgan fingerprint density at radius 1 is 1.73 bits per heavy atom. The van der Waals surface area contributed by atoms with Crippen LogP contribution in [0.2, 0.25) is 0 Å². The van der Waals surface area contributed by atoms with E-state index in [0.717, 1.165) is 6.42 Å². The normalized spacial score (nSPS) is 10.3. The molecule has 0 saturated heterocycles. The molecule has 0 aliphatic carbocycles. The third-order valence-corrected chi connectivity index (χ3v) is 1.96. The number of hydrogen-bond donors (Lipinski definition) is 2. The fourth-order valence-corrected chi connectivity index (χ4v) is 1.10. The molecule has 84 valence electrons. The highest BCUT2D eigenvalue weighted by molar-refractivity contribution is 5.92. The molecule has 1 aromatic heterocycles. The summed E-state index contributed by atoms with van der Waals surface area (Å²) in [6, 6.07) is 1.55. The van der Waals surface area contributed by atoms with Crippen molar-refractivity contribution in [2.24, 2.45) is 7.05 Å². The van der Waals surface area contributed by atoms with Crippen LogP contribution in [0.1, 0.15) is 16.9 Å². The zero-order chi connectivity index (χ0) is 11.3. The summed E-state index contributed by atoms with van der Waals surface area (Å²) >= 11 is 0. The molecule has 0 aliphatic rings. The summed E-state index contributed by atoms with van der Waals surface area (Å²) in [5, 5.41) is 6.68. The second-order valence-corrected chi connectivity index (χ2v) is 3.18. The van der Waals surface area contributed by atoms with Gasteiger partial charge in [-0.3, -0.25) is 9.48 Å². The highest BCUT2D eigenvalue weighted by Gasteiger charge is 2.09. The van der Waals surface area contributed by atoms with E-state index >= 15 is 0 Å². The Morgan fingerprint density at radius 3 is 3.00 bits per heavy atom. The maximum atomic E-state index is 11.5. The first-order valence-electron chi connectivity index (χ1n) is 4.72. The Kier molecular flexibility index (Phi) is 4.11. The fourth-order valence-electron chi connectivity index (χ4n) is 1.10. The minimum atomic E-state index is -0.210. The molecule has 0 unspecified atom stereocenters. The van der Waals surface area contributed by atoms with Crippen molar-refractivity contribution < 1.29 is 9.53 Å². The Morgan fingerprint density at radius 2 is 2.47 bits per heavy atom. The minimum Gasteiger partial charge on any atom is -0.385 e. The highest BCUT2D eigenvalue weighted by atomic mass is 16.5. The lowest BCUT2D eigenvalue weighted by Crippen LogP contribution is -2.25. The van der Waals surface area contributed by atoms with Crippen LogP contribution in [0.4, 0.5) is 5.82 Å². The SMILES string of the molecule is COCCCNC(=O)c1cc(N)n(C)n1. The number of nitrogen functional groups attached to an aromatic ring is 1. The number of aromatic nitrogens is 2. The smallest absolute Gasteiger partial charge is 0.271 e. The van der Waals surface area contributed by atoms with E-state index in [2.05, 4.69) is 10.4 Å². The molecule has 1 rings (SSSR count). The van der Waals surface area contributed by atoms with E-state index in [1.165, 1.54) is 4.68 Å². The maximum Gasteiger partial charge on any atom is 0.271 e. The first-order chi connectivity index (χ1) is 7.15. The predicted octanol–water partition coefficient (Wildman–Crippen LogP) is -0.231. The van der Waals surface area contributed by atoms with E-state index in [1.807, 2.05) is 0 Å². The number of rotatable bonds is 5. The van der Waals surface area contributed by atoms with Crippen LogP contribution in [-0.2, 0) is 11.8 Å². The van der Waals surface area contributed by atoms with Crippen molar-refractivity contribution in [2.45, 2.75) is 6.42 Å². The first-order valence-corrected chi connectivity index (χ1v) is 4.72. The van der Waals surface area contributed by atoms with Gasteiger partial charge < -0.3 is 15.8 Å². The molecule has 0 aliphatic heterocycles. The van der Waals surface area contributed by atoms with Crippen molar-refractivity contribution in [3.05, 3.63) is 11.8 Å². The number of aryl methyl sites for hydroxylation is 1. The molecule has 0 fully saturated rings. The number of nitrogens with one attached hydrogen (secondary N) is 1. The predicted molar refractivity (Wildman–Crippen MR) is 56.4 cm³/mol. The van der Waals surface area contributed by atoms with Crippen molar-refractivity contribution in [2.75, 3.05) is 26.0 Å². The molecule has 0 radical (unpaired) electrons. The lowest BCUT2D eigenvalue weighted by Gasteiger charge is -2.01. The van der Waals surface area contributed by atoms with Gasteiger partial charge in [-0.25, -0.2) is 0 Å². The quantitative estimate of drug-likeness (QED) is 0.660. The molecule has 0 bridgehead atoms. The van der Waals surface area contributed by atoms with Gasteiger partial charge >= 0.3 is 0 Å². The lowest BCUT2D eigenvalue weighted by molar-refractivity contribution is 0.0943. The fraction of sp³-hybridized carbons (Fsp3) is 0.556. The number of carbonyl (C=O) groups excluding carboxylic acids is 1. The van der Waals surface area contributed by atoms with E-state index in [-0.39, 0.29) is 5.91 Å². The maximum absolute atomic E-state index is 11.5. The molecule has 1 heterocycles. The van der Waals surface area contributed by atoms with Gasteiger partial charge in [-0.1, -0.05) is 0 Å². The molecule has 0 aromatic carbocycles. The van der Waals surface area contributed by atoms with Gasteiger partial charge in [0.2, 0.25) is 0 Å². The van der Waals surface area contributed by atoms with Gasteiger partial charge in [-0.05, 0) is 6.42 Å². The van der Waals surface area contributed by atoms with Crippen LogP contribution in [0.25, 0.3) is 0 Å². The van der Waals surface area contributed by atoms with Crippen LogP contribution in [0.15, 0.2) is 6.07 Å². The Labute approximate surface area is 88.4 Å². The number of anilines is 1. The van der Waals surface area contributed by atoms with Crippen LogP contribution < -0.4 is 11.1 Å². The van der Waals surface area contributed by atoms with E-state index in [4.69, 9.17) is 10.5 Å². The number of nitrogens with two attached hydrogens (primary N) is 1. The average molecular weight is 212 g/mol. The zero-order valence-corrected chi connectivity index (χ0v) is 8.99. The molecule has 6 nitrogen and oxygen atoms in total. The van der Waals surface area contributed by atoms with Gasteiger partial charge in [-0.15, -0.1) is 0 Å². The summed E-state index contributed by atoms with van der Waals surface area (Å²) in [6.45, 7) is 1.20. The number of amides is 1. The second-order valence-electron chi connectivity index (χ2n) is 3.18. The monoisotopic (exact) mass is 212 g/mol. The number of hydrogen-bond acceptors (Lipinski definition) is 4. The summed E-state index contributed by atoms with van der Waals surface area (Å²) in [4.78, 5) is 11.5. The van der Waals surface area contributed by atoms with Crippen LogP contribution in [-0.4, -0.2) is 35.9 Å². The molecular formula is C9H16N4O2. The molecule has 6 heteroatoms. The third kappa shape index (κ3) is 3.25. The summed E-state index contributed by atoms with van der Waals surface area (Å²) in [6.07, 6.45) is 0.782. The summed E-state index contributed by atoms with van der Waals surface area (Å²) < 4.78 is 6.32. The molecule has 0 atom stereocenters. The Bertz CT molecular complexity index is 315. The molecule has 1 aromatic rings. The van der Waals surface area contributed by atoms with Crippen LogP contribution in [0.3, 0.4) is 0 Å². The standard InChI is InChI=1S/C9H16N4O2/c1-13-8(10)6-7(12-13)9(14)11-4-3-5-15-2/h6H,3-5,10H2,1-2H3,(H,11,14). The van der Waals surface area contributed by atoms with Crippen molar-refractivity contribution in [3.8, 4) is 0 Å². The number of carbonyl (C=O) groups is 1. The first kappa shape index (κ1) is 11.5. The van der Waals surface area contributed by atoms with Gasteiger partial charge in [0.15, 0.2) is 5.69 Å². The molecular weight excluding hydrogens is 196 g/mol. The summed E-state index contributed by atoms with van der Waals surface area (Å²) in [5.74, 6) is 0.260. The topological polar surface area (TPSA) is 82.2 Å². The average Bonchev–Trinajstić information content (AvgIpc) is 2.54. The van der Waals surface area contributed by atoms with Crippen LogP contribution in [0.5, 0.6) is 0 Å². The largest absolute Gasteiger partial charge is 0.385 e. The summed E-state index contributed by atoms with van der Waals surface area (Å²) in [7, 11) is 3.32. The van der Waals surface area contributed by atoms with E-state index in [1.54, 1.807) is 20.2 Å². The van der Waals surface area contributed by atoms with Gasteiger partial charge in [0.25, 0.3) is 5.91 Å². The lowest BCUT2D eigenvalue weighted by atomic mass is 10.3. The van der Waals surface area contributed by atoms with Crippen LogP contribution in [0, 0.1) is 0 Å². The third-order valence-electron chi connectivity index (χ3n) is 1.96. The Hall–Kier alpha value is -1.56. The van der Waals surface area contributed by atoms with Crippen molar-refractivity contribution >= 4 is 11.7 Å². The van der Waals surface area contributed by atoms with Crippen molar-refractivity contribution in [3.63, 3.8) is 0 Å². The van der Waals surface area contributed by atoms with Gasteiger partial charge in [0, 0.05) is 33.4 Å². The van der Waals surface area contributed by atoms with E-state index in [9.17, 15) is 4.79 Å². The number of ether oxygens (including phenoxy) is 1. The molecule has 0 saturated carbocycles. The molecule has 3 N–H and O–H groups in total. The minimum absolute atomic E-state index is 0.210. The summed E-state index contributed by atoms with van der Waals surface area (Å²) in [5.41, 5.74) is 5.90. The Balaban J connectivity index is 2.40. The van der Waals surface area contributed by atoms with E-state index in [0.29, 0.717) is 24.7 Å². The molecule has 1 amide bonds. The zero-order valence-electron chi connectivity index (χ0n) is 8.99. The molecule has 15 heavy (non-hydrogen) atoms.